The van der Waals surface area contributed by atoms with E-state index in [4.69, 9.17) is 0 Å². The molecule has 0 atom stereocenters. The Hall–Kier alpha value is -2.58. The molecule has 0 unspecified atom stereocenters. The molecule has 0 radical (unpaired) electrons. The summed E-state index contributed by atoms with van der Waals surface area (Å²) in [5.74, 6) is 0.201. The third-order valence-corrected chi connectivity index (χ3v) is 6.51. The second-order valence-corrected chi connectivity index (χ2v) is 9.93. The molecule has 8 heteroatoms. The molecule has 1 aromatic carbocycles. The van der Waals surface area contributed by atoms with Gasteiger partial charge in [0.15, 0.2) is 37.9 Å². The molecule has 2 amide bonds. The van der Waals surface area contributed by atoms with E-state index in [1.165, 1.54) is 11.1 Å². The van der Waals surface area contributed by atoms with Crippen molar-refractivity contribution in [1.29, 1.82) is 0 Å². The zero-order valence-electron chi connectivity index (χ0n) is 24.4. The number of benzene rings is 1. The fourth-order valence-electron chi connectivity index (χ4n) is 4.74. The molecule has 0 aliphatic rings. The summed E-state index contributed by atoms with van der Waals surface area (Å²) in [6.07, 6.45) is 11.8. The number of nitrogens with zero attached hydrogens (tertiary/aromatic N) is 4. The van der Waals surface area contributed by atoms with Crippen LogP contribution in [0.1, 0.15) is 85.2 Å². The van der Waals surface area contributed by atoms with Crippen molar-refractivity contribution in [2.45, 2.75) is 66.5 Å². The number of hydrogen-bond acceptors (Lipinski definition) is 2. The predicted octanol–water partition coefficient (Wildman–Crippen LogP) is -1.11. The van der Waals surface area contributed by atoms with Gasteiger partial charge in [0.25, 0.3) is 11.8 Å². The third-order valence-electron chi connectivity index (χ3n) is 6.51. The van der Waals surface area contributed by atoms with Gasteiger partial charge in [0.2, 0.25) is 0 Å². The largest absolute Gasteiger partial charge is 1.00 e. The maximum Gasteiger partial charge on any atom is 0.259 e. The number of rotatable bonds is 14. The van der Waals surface area contributed by atoms with Crippen molar-refractivity contribution in [2.24, 2.45) is 0 Å². The maximum absolute atomic E-state index is 13.0. The average molecular weight is 677 g/mol. The van der Waals surface area contributed by atoms with Gasteiger partial charge < -0.3 is 43.8 Å². The highest BCUT2D eigenvalue weighted by atomic mass is 79.9. The number of halogens is 2. The summed E-state index contributed by atoms with van der Waals surface area (Å²) in [5.41, 5.74) is 3.80. The van der Waals surface area contributed by atoms with Crippen LogP contribution in [0.4, 0.5) is 0 Å². The Kier molecular flexibility index (Phi) is 16.6. The highest BCUT2D eigenvalue weighted by Crippen LogP contribution is 2.09. The molecule has 218 valence electrons. The Morgan fingerprint density at radius 2 is 0.900 bits per heavy atom. The molecule has 2 heterocycles. The summed E-state index contributed by atoms with van der Waals surface area (Å²) >= 11 is 0. The molecule has 6 nitrogen and oxygen atoms in total. The standard InChI is InChI=1S/C32H44N4O2.2BrH/c1-5-17-35(18-6-2)31(37)29-11-9-21-33(25-29)23-27-13-15-28(16-14-27)24-34-22-10-12-30(26-34)32(38)36(19-7-3)20-8-4;;/h9-16,21-22,25-26H,5-8,17-20,23-24H2,1-4H3;2*1H/q+2;;/p-2. The van der Waals surface area contributed by atoms with E-state index in [1.54, 1.807) is 0 Å². The lowest BCUT2D eigenvalue weighted by atomic mass is 10.1. The van der Waals surface area contributed by atoms with Crippen LogP contribution in [0.5, 0.6) is 0 Å². The van der Waals surface area contributed by atoms with E-state index >= 15 is 0 Å². The molecule has 2 aromatic heterocycles. The van der Waals surface area contributed by atoms with Crippen molar-refractivity contribution < 1.29 is 52.7 Å². The van der Waals surface area contributed by atoms with Crippen LogP contribution in [-0.2, 0) is 13.1 Å². The van der Waals surface area contributed by atoms with Gasteiger partial charge in [-0.05, 0) is 37.8 Å². The zero-order chi connectivity index (χ0) is 27.3. The van der Waals surface area contributed by atoms with Gasteiger partial charge in [-0.15, -0.1) is 0 Å². The minimum Gasteiger partial charge on any atom is -1.00 e. The lowest BCUT2D eigenvalue weighted by molar-refractivity contribution is -0.689. The lowest BCUT2D eigenvalue weighted by Gasteiger charge is -2.20. The Labute approximate surface area is 261 Å². The van der Waals surface area contributed by atoms with Crippen molar-refractivity contribution >= 4 is 11.8 Å². The Morgan fingerprint density at radius 3 is 1.20 bits per heavy atom. The fourth-order valence-corrected chi connectivity index (χ4v) is 4.74. The van der Waals surface area contributed by atoms with Gasteiger partial charge in [0, 0.05) is 49.4 Å². The lowest BCUT2D eigenvalue weighted by Crippen LogP contribution is -3.00. The second-order valence-electron chi connectivity index (χ2n) is 9.93. The van der Waals surface area contributed by atoms with Gasteiger partial charge in [0.1, 0.15) is 11.1 Å². The van der Waals surface area contributed by atoms with Crippen LogP contribution in [0.3, 0.4) is 0 Å². The first kappa shape index (κ1) is 35.4. The summed E-state index contributed by atoms with van der Waals surface area (Å²) in [6, 6.07) is 16.2. The quantitative estimate of drug-likeness (QED) is 0.204. The molecule has 0 spiro atoms. The van der Waals surface area contributed by atoms with Gasteiger partial charge in [-0.3, -0.25) is 9.59 Å². The molecule has 0 N–H and O–H groups in total. The number of aromatic nitrogens is 2. The normalized spacial score (nSPS) is 10.3. The van der Waals surface area contributed by atoms with Crippen molar-refractivity contribution in [2.75, 3.05) is 26.2 Å². The van der Waals surface area contributed by atoms with Crippen molar-refractivity contribution in [3.63, 3.8) is 0 Å². The minimum atomic E-state index is 0. The second kappa shape index (κ2) is 18.7. The van der Waals surface area contributed by atoms with E-state index in [9.17, 15) is 9.59 Å². The highest BCUT2D eigenvalue weighted by Gasteiger charge is 2.19. The Morgan fingerprint density at radius 1 is 0.575 bits per heavy atom. The van der Waals surface area contributed by atoms with Crippen LogP contribution in [0.25, 0.3) is 0 Å². The van der Waals surface area contributed by atoms with Crippen LogP contribution in [-0.4, -0.2) is 47.8 Å². The molecule has 0 saturated carbocycles. The number of hydrogen-bond donors (Lipinski definition) is 0. The first-order chi connectivity index (χ1) is 18.5. The summed E-state index contributed by atoms with van der Waals surface area (Å²) in [7, 11) is 0. The van der Waals surface area contributed by atoms with E-state index in [0.717, 1.165) is 63.0 Å². The summed E-state index contributed by atoms with van der Waals surface area (Å²) in [4.78, 5) is 29.9. The number of pyridine rings is 2. The molecule has 3 rings (SSSR count). The Balaban J connectivity index is 0.00000400. The average Bonchev–Trinajstić information content (AvgIpc) is 2.93. The third kappa shape index (κ3) is 10.4. The molecule has 0 saturated heterocycles. The van der Waals surface area contributed by atoms with E-state index in [2.05, 4.69) is 61.1 Å². The number of carbonyl (C=O) groups is 2. The van der Waals surface area contributed by atoms with E-state index in [1.807, 2.05) is 58.9 Å². The van der Waals surface area contributed by atoms with E-state index in [0.29, 0.717) is 13.1 Å². The van der Waals surface area contributed by atoms with Gasteiger partial charge >= 0.3 is 0 Å². The van der Waals surface area contributed by atoms with E-state index < -0.39 is 0 Å². The smallest absolute Gasteiger partial charge is 0.259 e. The highest BCUT2D eigenvalue weighted by molar-refractivity contribution is 5.94. The van der Waals surface area contributed by atoms with Crippen LogP contribution in [0.2, 0.25) is 0 Å². The van der Waals surface area contributed by atoms with Crippen LogP contribution < -0.4 is 43.1 Å². The van der Waals surface area contributed by atoms with Crippen molar-refractivity contribution in [3.8, 4) is 0 Å². The number of amides is 2. The zero-order valence-corrected chi connectivity index (χ0v) is 27.5. The van der Waals surface area contributed by atoms with Gasteiger partial charge in [0.05, 0.1) is 0 Å². The maximum atomic E-state index is 13.0. The van der Waals surface area contributed by atoms with E-state index in [-0.39, 0.29) is 45.8 Å². The monoisotopic (exact) mass is 674 g/mol. The van der Waals surface area contributed by atoms with Crippen molar-refractivity contribution in [3.05, 3.63) is 95.6 Å². The first-order valence-corrected chi connectivity index (χ1v) is 14.1. The first-order valence-electron chi connectivity index (χ1n) is 14.1. The van der Waals surface area contributed by atoms with Gasteiger partial charge in [-0.2, -0.15) is 9.13 Å². The number of carbonyl (C=O) groups excluding carboxylic acids is 2. The molecule has 3 aromatic rings. The SMILES string of the molecule is CCCN(CCC)C(=O)c1ccc[n+](Cc2ccc(C[n+]3cccc(C(=O)N(CCC)CCC)c3)cc2)c1.[Br-].[Br-]. The van der Waals surface area contributed by atoms with Crippen LogP contribution >= 0.6 is 0 Å². The van der Waals surface area contributed by atoms with Crippen LogP contribution in [0, 0.1) is 0 Å². The molecular formula is C32H44Br2N4O2. The molecule has 0 bridgehead atoms. The summed E-state index contributed by atoms with van der Waals surface area (Å²) < 4.78 is 4.14. The Bertz CT molecular complexity index is 1080. The summed E-state index contributed by atoms with van der Waals surface area (Å²) in [5, 5.41) is 0. The van der Waals surface area contributed by atoms with Crippen LogP contribution in [0.15, 0.2) is 73.3 Å². The molecule has 0 aliphatic heterocycles. The predicted molar refractivity (Wildman–Crippen MR) is 151 cm³/mol. The van der Waals surface area contributed by atoms with Crippen molar-refractivity contribution in [1.82, 2.24) is 9.80 Å². The molecule has 0 fully saturated rings. The molecular weight excluding hydrogens is 632 g/mol. The van der Waals surface area contributed by atoms with Gasteiger partial charge in [-0.25, -0.2) is 0 Å². The molecule has 40 heavy (non-hydrogen) atoms. The summed E-state index contributed by atoms with van der Waals surface area (Å²) in [6.45, 7) is 13.0. The topological polar surface area (TPSA) is 48.4 Å². The minimum absolute atomic E-state index is 0. The van der Waals surface area contributed by atoms with Gasteiger partial charge in [-0.1, -0.05) is 52.0 Å². The fraction of sp³-hybridized carbons (Fsp3) is 0.438. The molecule has 0 aliphatic carbocycles.